The van der Waals surface area contributed by atoms with Gasteiger partial charge in [-0.3, -0.25) is 0 Å². The van der Waals surface area contributed by atoms with E-state index in [1.165, 1.54) is 6.07 Å². The molecule has 0 bridgehead atoms. The zero-order valence-electron chi connectivity index (χ0n) is 10.8. The zero-order chi connectivity index (χ0) is 15.3. The maximum absolute atomic E-state index is 13.4. The summed E-state index contributed by atoms with van der Waals surface area (Å²) in [4.78, 5) is 21.2. The van der Waals surface area contributed by atoms with Gasteiger partial charge in [-0.1, -0.05) is 12.1 Å². The molecular formula is C13H15FN2O4. The van der Waals surface area contributed by atoms with Crippen molar-refractivity contribution in [2.75, 3.05) is 6.54 Å². The number of para-hydroxylation sites is 1. The van der Waals surface area contributed by atoms with Crippen molar-refractivity contribution >= 4 is 22.8 Å². The number of nitrogens with two attached hydrogens (primary N) is 1. The Bertz CT molecular complexity index is 625. The predicted octanol–water partition coefficient (Wildman–Crippen LogP) is 1.27. The van der Waals surface area contributed by atoms with Gasteiger partial charge in [0, 0.05) is 11.1 Å². The molecule has 6 nitrogen and oxygen atoms in total. The minimum atomic E-state index is -1.82. The molecule has 0 fully saturated rings. The molecule has 0 atom stereocenters. The largest absolute Gasteiger partial charge is 0.473 e. The number of halogens is 1. The Hall–Kier alpha value is -2.41. The van der Waals surface area contributed by atoms with Crippen LogP contribution < -0.4 is 5.73 Å². The van der Waals surface area contributed by atoms with Gasteiger partial charge in [0.2, 0.25) is 0 Å². The molecule has 108 valence electrons. The number of hydrogen-bond acceptors (Lipinski definition) is 3. The van der Waals surface area contributed by atoms with Crippen LogP contribution in [-0.4, -0.2) is 33.7 Å². The van der Waals surface area contributed by atoms with Crippen LogP contribution in [0.1, 0.15) is 11.3 Å². The van der Waals surface area contributed by atoms with Gasteiger partial charge in [-0.05, 0) is 31.5 Å². The number of hydrogen-bond donors (Lipinski definition) is 4. The van der Waals surface area contributed by atoms with E-state index in [1.807, 2.05) is 13.0 Å². The molecule has 0 unspecified atom stereocenters. The van der Waals surface area contributed by atoms with Crippen molar-refractivity contribution in [1.82, 2.24) is 4.98 Å². The van der Waals surface area contributed by atoms with Gasteiger partial charge in [0.1, 0.15) is 5.82 Å². The van der Waals surface area contributed by atoms with Gasteiger partial charge in [-0.2, -0.15) is 0 Å². The van der Waals surface area contributed by atoms with Gasteiger partial charge in [0.05, 0.1) is 5.52 Å². The topological polar surface area (TPSA) is 116 Å². The third-order valence-electron chi connectivity index (χ3n) is 2.68. The van der Waals surface area contributed by atoms with Gasteiger partial charge in [-0.25, -0.2) is 14.0 Å². The first-order valence-electron chi connectivity index (χ1n) is 5.80. The van der Waals surface area contributed by atoms with Crippen LogP contribution in [0, 0.1) is 12.7 Å². The number of aromatic nitrogens is 1. The number of aryl methyl sites for hydroxylation is 1. The lowest BCUT2D eigenvalue weighted by Crippen LogP contribution is -2.09. The number of aromatic amines is 1. The van der Waals surface area contributed by atoms with E-state index in [0.29, 0.717) is 12.1 Å². The van der Waals surface area contributed by atoms with E-state index in [1.54, 1.807) is 6.07 Å². The van der Waals surface area contributed by atoms with E-state index in [2.05, 4.69) is 4.98 Å². The molecule has 0 aliphatic carbocycles. The van der Waals surface area contributed by atoms with Crippen molar-refractivity contribution in [3.05, 3.63) is 35.3 Å². The molecule has 0 saturated heterocycles. The Labute approximate surface area is 114 Å². The Morgan fingerprint density at radius 2 is 1.90 bits per heavy atom. The first kappa shape index (κ1) is 15.6. The van der Waals surface area contributed by atoms with Crippen LogP contribution in [-0.2, 0) is 16.0 Å². The summed E-state index contributed by atoms with van der Waals surface area (Å²) in [6, 6.07) is 5.11. The summed E-state index contributed by atoms with van der Waals surface area (Å²) < 4.78 is 13.4. The average molecular weight is 282 g/mol. The van der Waals surface area contributed by atoms with Crippen molar-refractivity contribution in [3.8, 4) is 0 Å². The van der Waals surface area contributed by atoms with Gasteiger partial charge in [-0.15, -0.1) is 0 Å². The molecule has 1 heterocycles. The van der Waals surface area contributed by atoms with E-state index in [9.17, 15) is 4.39 Å². The third kappa shape index (κ3) is 3.55. The Morgan fingerprint density at radius 1 is 1.30 bits per heavy atom. The molecule has 0 aliphatic heterocycles. The van der Waals surface area contributed by atoms with Gasteiger partial charge in [0.25, 0.3) is 0 Å². The number of H-pyrrole nitrogens is 1. The second-order valence-electron chi connectivity index (χ2n) is 4.04. The Balaban J connectivity index is 0.000000286. The monoisotopic (exact) mass is 282 g/mol. The predicted molar refractivity (Wildman–Crippen MR) is 71.0 cm³/mol. The summed E-state index contributed by atoms with van der Waals surface area (Å²) in [5.41, 5.74) is 8.24. The van der Waals surface area contributed by atoms with Crippen molar-refractivity contribution in [2.45, 2.75) is 13.3 Å². The van der Waals surface area contributed by atoms with E-state index < -0.39 is 11.9 Å². The van der Waals surface area contributed by atoms with Gasteiger partial charge in [0.15, 0.2) is 0 Å². The zero-order valence-corrected chi connectivity index (χ0v) is 10.8. The number of rotatable bonds is 2. The molecule has 1 aromatic heterocycles. The molecule has 2 aromatic rings. The Kier molecular flexibility index (Phi) is 5.22. The van der Waals surface area contributed by atoms with Crippen molar-refractivity contribution < 1.29 is 24.2 Å². The summed E-state index contributed by atoms with van der Waals surface area (Å²) >= 11 is 0. The molecule has 20 heavy (non-hydrogen) atoms. The lowest BCUT2D eigenvalue weighted by Gasteiger charge is -1.97. The van der Waals surface area contributed by atoms with E-state index in [0.717, 1.165) is 23.1 Å². The number of carboxylic acid groups (broad SMARTS) is 2. The number of carboxylic acids is 2. The number of aliphatic carboxylic acids is 2. The van der Waals surface area contributed by atoms with Crippen LogP contribution in [0.25, 0.3) is 10.9 Å². The minimum Gasteiger partial charge on any atom is -0.473 e. The quantitative estimate of drug-likeness (QED) is 0.619. The Morgan fingerprint density at radius 3 is 2.40 bits per heavy atom. The molecule has 2 rings (SSSR count). The highest BCUT2D eigenvalue weighted by atomic mass is 19.1. The fourth-order valence-electron chi connectivity index (χ4n) is 1.83. The molecule has 1 aromatic carbocycles. The van der Waals surface area contributed by atoms with E-state index in [-0.39, 0.29) is 5.82 Å². The third-order valence-corrected chi connectivity index (χ3v) is 2.68. The molecule has 5 N–H and O–H groups in total. The standard InChI is InChI=1S/C11H13FN2.C2H2O4/c1-7-8(5-6-13)9-3-2-4-10(12)11(9)14-7;3-1(4)2(5)6/h2-4,14H,5-6,13H2,1H3;(H,3,4)(H,5,6). The molecule has 0 saturated carbocycles. The molecule has 7 heteroatoms. The van der Waals surface area contributed by atoms with Gasteiger partial charge < -0.3 is 20.9 Å². The molecule has 0 spiro atoms. The van der Waals surface area contributed by atoms with Crippen molar-refractivity contribution in [1.29, 1.82) is 0 Å². The second-order valence-corrected chi connectivity index (χ2v) is 4.04. The minimum absolute atomic E-state index is 0.200. The van der Waals surface area contributed by atoms with E-state index in [4.69, 9.17) is 25.5 Å². The van der Waals surface area contributed by atoms with Crippen molar-refractivity contribution in [3.63, 3.8) is 0 Å². The first-order chi connectivity index (χ1) is 9.38. The van der Waals surface area contributed by atoms with Crippen LogP contribution in [0.3, 0.4) is 0 Å². The summed E-state index contributed by atoms with van der Waals surface area (Å²) in [5.74, 6) is -3.85. The lowest BCUT2D eigenvalue weighted by molar-refractivity contribution is -0.159. The summed E-state index contributed by atoms with van der Waals surface area (Å²) in [5, 5.41) is 15.7. The number of nitrogens with one attached hydrogen (secondary N) is 1. The fourth-order valence-corrected chi connectivity index (χ4v) is 1.83. The molecule has 0 aliphatic rings. The van der Waals surface area contributed by atoms with Crippen molar-refractivity contribution in [2.24, 2.45) is 5.73 Å². The fraction of sp³-hybridized carbons (Fsp3) is 0.231. The summed E-state index contributed by atoms with van der Waals surface area (Å²) in [6.45, 7) is 2.54. The van der Waals surface area contributed by atoms with Crippen LogP contribution in [0.2, 0.25) is 0 Å². The molecule has 0 radical (unpaired) electrons. The molecular weight excluding hydrogens is 267 g/mol. The van der Waals surface area contributed by atoms with Crippen LogP contribution in [0.15, 0.2) is 18.2 Å². The maximum atomic E-state index is 13.4. The summed E-state index contributed by atoms with van der Waals surface area (Å²) in [7, 11) is 0. The lowest BCUT2D eigenvalue weighted by atomic mass is 10.1. The first-order valence-corrected chi connectivity index (χ1v) is 5.80. The highest BCUT2D eigenvalue weighted by molar-refractivity contribution is 6.27. The highest BCUT2D eigenvalue weighted by Gasteiger charge is 2.09. The van der Waals surface area contributed by atoms with E-state index >= 15 is 0 Å². The van der Waals surface area contributed by atoms with Gasteiger partial charge >= 0.3 is 11.9 Å². The van der Waals surface area contributed by atoms with Crippen LogP contribution in [0.5, 0.6) is 0 Å². The average Bonchev–Trinajstić information content (AvgIpc) is 2.69. The number of fused-ring (bicyclic) bond motifs is 1. The maximum Gasteiger partial charge on any atom is 0.414 e. The smallest absolute Gasteiger partial charge is 0.414 e. The molecule has 0 amide bonds. The normalized spacial score (nSPS) is 9.95. The summed E-state index contributed by atoms with van der Waals surface area (Å²) in [6.07, 6.45) is 0.787. The number of benzene rings is 1. The SMILES string of the molecule is Cc1[nH]c2c(F)cccc2c1CCN.O=C(O)C(=O)O. The second kappa shape index (κ2) is 6.67. The van der Waals surface area contributed by atoms with Crippen LogP contribution in [0.4, 0.5) is 4.39 Å². The van der Waals surface area contributed by atoms with Crippen LogP contribution >= 0.6 is 0 Å². The number of carbonyl (C=O) groups is 2. The highest BCUT2D eigenvalue weighted by Crippen LogP contribution is 2.24.